The van der Waals surface area contributed by atoms with Crippen LogP contribution in [-0.4, -0.2) is 57.8 Å². The predicted octanol–water partition coefficient (Wildman–Crippen LogP) is 2.57. The van der Waals surface area contributed by atoms with Crippen molar-refractivity contribution in [3.63, 3.8) is 0 Å². The summed E-state index contributed by atoms with van der Waals surface area (Å²) >= 11 is 0. The lowest BCUT2D eigenvalue weighted by molar-refractivity contribution is 0.243. The van der Waals surface area contributed by atoms with Gasteiger partial charge in [0.2, 0.25) is 0 Å². The van der Waals surface area contributed by atoms with E-state index in [0.717, 1.165) is 44.7 Å². The van der Waals surface area contributed by atoms with E-state index in [4.69, 9.17) is 0 Å². The molecule has 1 aliphatic heterocycles. The van der Waals surface area contributed by atoms with Crippen LogP contribution in [0.2, 0.25) is 0 Å². The van der Waals surface area contributed by atoms with E-state index in [0.29, 0.717) is 5.92 Å². The summed E-state index contributed by atoms with van der Waals surface area (Å²) in [5.41, 5.74) is 3.80. The van der Waals surface area contributed by atoms with E-state index in [1.807, 2.05) is 30.2 Å². The van der Waals surface area contributed by atoms with Crippen molar-refractivity contribution in [2.45, 2.75) is 13.0 Å². The molecule has 3 heterocycles. The third kappa shape index (κ3) is 3.79. The fourth-order valence-corrected chi connectivity index (χ4v) is 4.06. The third-order valence-corrected chi connectivity index (χ3v) is 5.42. The van der Waals surface area contributed by atoms with Crippen molar-refractivity contribution in [2.75, 3.05) is 33.2 Å². The molecule has 2 aromatic heterocycles. The molecule has 136 valence electrons. The van der Waals surface area contributed by atoms with Gasteiger partial charge in [0, 0.05) is 57.6 Å². The average molecular weight is 349 g/mol. The third-order valence-electron chi connectivity index (χ3n) is 5.42. The minimum absolute atomic E-state index is 0.600. The van der Waals surface area contributed by atoms with Gasteiger partial charge in [0.05, 0.1) is 11.2 Å². The molecule has 0 radical (unpaired) electrons. The van der Waals surface area contributed by atoms with Gasteiger partial charge in [-0.15, -0.1) is 0 Å². The lowest BCUT2D eigenvalue weighted by Crippen LogP contribution is -2.31. The minimum atomic E-state index is 0.600. The summed E-state index contributed by atoms with van der Waals surface area (Å²) in [4.78, 5) is 9.68. The molecule has 0 spiro atoms. The Kier molecular flexibility index (Phi) is 5.00. The first kappa shape index (κ1) is 17.2. The number of benzene rings is 1. The number of nitrogens with zero attached hydrogens (tertiary/aromatic N) is 5. The zero-order chi connectivity index (χ0) is 17.9. The lowest BCUT2D eigenvalue weighted by atomic mass is 9.96. The number of likely N-dealkylation sites (N-methyl/N-ethyl adjacent to an activating group) is 1. The Labute approximate surface area is 155 Å². The topological polar surface area (TPSA) is 37.2 Å². The van der Waals surface area contributed by atoms with Gasteiger partial charge in [0.25, 0.3) is 0 Å². The Bertz CT molecular complexity index is 866. The molecule has 5 heteroatoms. The number of rotatable bonds is 4. The fourth-order valence-electron chi connectivity index (χ4n) is 4.06. The first-order valence-corrected chi connectivity index (χ1v) is 9.39. The van der Waals surface area contributed by atoms with Crippen LogP contribution in [0.15, 0.2) is 48.8 Å². The van der Waals surface area contributed by atoms with Crippen molar-refractivity contribution in [2.24, 2.45) is 13.0 Å². The molecule has 26 heavy (non-hydrogen) atoms. The molecule has 1 saturated heterocycles. The van der Waals surface area contributed by atoms with Crippen molar-refractivity contribution in [3.05, 3.63) is 60.0 Å². The molecule has 1 fully saturated rings. The normalized spacial score (nSPS) is 19.7. The van der Waals surface area contributed by atoms with Crippen LogP contribution in [0.3, 0.4) is 0 Å². The molecule has 0 aliphatic carbocycles. The number of aromatic nitrogens is 3. The summed E-state index contributed by atoms with van der Waals surface area (Å²) in [6.07, 6.45) is 4.86. The summed E-state index contributed by atoms with van der Waals surface area (Å²) in [5, 5.41) is 5.55. The highest BCUT2D eigenvalue weighted by atomic mass is 15.3. The molecule has 5 nitrogen and oxygen atoms in total. The average Bonchev–Trinajstić information content (AvgIpc) is 2.95. The van der Waals surface area contributed by atoms with Gasteiger partial charge in [-0.3, -0.25) is 14.6 Å². The van der Waals surface area contributed by atoms with Crippen LogP contribution >= 0.6 is 0 Å². The first-order chi connectivity index (χ1) is 12.7. The number of pyridine rings is 1. The van der Waals surface area contributed by atoms with Crippen LogP contribution in [0.4, 0.5) is 0 Å². The maximum absolute atomic E-state index is 4.64. The molecule has 1 atom stereocenters. The highest BCUT2D eigenvalue weighted by Gasteiger charge is 2.22. The van der Waals surface area contributed by atoms with E-state index in [1.54, 1.807) is 0 Å². The Morgan fingerprint density at radius 1 is 1.00 bits per heavy atom. The highest BCUT2D eigenvalue weighted by molar-refractivity contribution is 5.81. The van der Waals surface area contributed by atoms with E-state index in [-0.39, 0.29) is 0 Å². The summed E-state index contributed by atoms with van der Waals surface area (Å²) in [6, 6.07) is 12.8. The van der Waals surface area contributed by atoms with Crippen molar-refractivity contribution < 1.29 is 0 Å². The zero-order valence-corrected chi connectivity index (χ0v) is 15.7. The first-order valence-electron chi connectivity index (χ1n) is 9.39. The molecule has 1 aromatic carbocycles. The number of hydrogen-bond acceptors (Lipinski definition) is 4. The molecule has 0 unspecified atom stereocenters. The second-order valence-electron chi connectivity index (χ2n) is 7.51. The lowest BCUT2D eigenvalue weighted by Gasteiger charge is -2.24. The number of fused-ring (bicyclic) bond motifs is 1. The zero-order valence-electron chi connectivity index (χ0n) is 15.7. The predicted molar refractivity (Wildman–Crippen MR) is 105 cm³/mol. The molecule has 3 aromatic rings. The molecule has 4 rings (SSSR count). The Balaban J connectivity index is 1.53. The standard InChI is InChI=1S/C21H27N5/c1-24-11-12-26(16-20-8-10-23-25(20)2)15-17(14-24)13-19-6-3-5-18-7-4-9-22-21(18)19/h3-10,17H,11-16H2,1-2H3/t17-/m1/s1. The van der Waals surface area contributed by atoms with Gasteiger partial charge in [-0.05, 0) is 37.1 Å². The quantitative estimate of drug-likeness (QED) is 0.725. The van der Waals surface area contributed by atoms with E-state index in [9.17, 15) is 0 Å². The van der Waals surface area contributed by atoms with Gasteiger partial charge in [0.15, 0.2) is 0 Å². The van der Waals surface area contributed by atoms with Crippen LogP contribution in [0, 0.1) is 5.92 Å². The van der Waals surface area contributed by atoms with Crippen LogP contribution in [0.25, 0.3) is 10.9 Å². The number of hydrogen-bond donors (Lipinski definition) is 0. The molecule has 0 bridgehead atoms. The summed E-state index contributed by atoms with van der Waals surface area (Å²) in [6.45, 7) is 5.42. The minimum Gasteiger partial charge on any atom is -0.305 e. The van der Waals surface area contributed by atoms with Gasteiger partial charge in [0.1, 0.15) is 0 Å². The maximum atomic E-state index is 4.64. The SMILES string of the molecule is CN1CCN(Cc2ccnn2C)C[C@H](Cc2cccc3cccnc23)C1. The Hall–Kier alpha value is -2.24. The van der Waals surface area contributed by atoms with Gasteiger partial charge < -0.3 is 4.90 Å². The van der Waals surface area contributed by atoms with E-state index >= 15 is 0 Å². The van der Waals surface area contributed by atoms with Gasteiger partial charge in [-0.25, -0.2) is 0 Å². The van der Waals surface area contributed by atoms with E-state index in [1.165, 1.54) is 16.6 Å². The van der Waals surface area contributed by atoms with Crippen LogP contribution in [0.5, 0.6) is 0 Å². The Morgan fingerprint density at radius 2 is 1.88 bits per heavy atom. The fraction of sp³-hybridized carbons (Fsp3) is 0.429. The van der Waals surface area contributed by atoms with Gasteiger partial charge in [-0.1, -0.05) is 24.3 Å². The Morgan fingerprint density at radius 3 is 2.73 bits per heavy atom. The van der Waals surface area contributed by atoms with Crippen LogP contribution in [0.1, 0.15) is 11.3 Å². The van der Waals surface area contributed by atoms with Crippen LogP contribution in [-0.2, 0) is 20.0 Å². The summed E-state index contributed by atoms with van der Waals surface area (Å²) in [7, 11) is 4.26. The molecule has 0 saturated carbocycles. The van der Waals surface area contributed by atoms with Crippen molar-refractivity contribution in [1.29, 1.82) is 0 Å². The monoisotopic (exact) mass is 349 g/mol. The summed E-state index contributed by atoms with van der Waals surface area (Å²) in [5.74, 6) is 0.600. The molecular weight excluding hydrogens is 322 g/mol. The molecular formula is C21H27N5. The second kappa shape index (κ2) is 7.56. The molecule has 0 N–H and O–H groups in total. The van der Waals surface area contributed by atoms with Gasteiger partial charge >= 0.3 is 0 Å². The maximum Gasteiger partial charge on any atom is 0.0734 e. The van der Waals surface area contributed by atoms with E-state index < -0.39 is 0 Å². The van der Waals surface area contributed by atoms with Crippen molar-refractivity contribution in [1.82, 2.24) is 24.6 Å². The van der Waals surface area contributed by atoms with Crippen molar-refractivity contribution in [3.8, 4) is 0 Å². The number of para-hydroxylation sites is 1. The molecule has 0 amide bonds. The van der Waals surface area contributed by atoms with Crippen molar-refractivity contribution >= 4 is 10.9 Å². The van der Waals surface area contributed by atoms with Gasteiger partial charge in [-0.2, -0.15) is 5.10 Å². The van der Waals surface area contributed by atoms with E-state index in [2.05, 4.69) is 57.3 Å². The summed E-state index contributed by atoms with van der Waals surface area (Å²) < 4.78 is 1.98. The number of aryl methyl sites for hydroxylation is 1. The molecule has 1 aliphatic rings. The second-order valence-corrected chi connectivity index (χ2v) is 7.51. The largest absolute Gasteiger partial charge is 0.305 e. The van der Waals surface area contributed by atoms with Crippen LogP contribution < -0.4 is 0 Å². The smallest absolute Gasteiger partial charge is 0.0734 e. The highest BCUT2D eigenvalue weighted by Crippen LogP contribution is 2.22.